The Hall–Kier alpha value is -4.68. The molecule has 1 N–H and O–H groups in total. The van der Waals surface area contributed by atoms with E-state index >= 15 is 0 Å². The minimum absolute atomic E-state index is 0.0321. The molecule has 36 heavy (non-hydrogen) atoms. The molecule has 0 atom stereocenters. The molecule has 180 valence electrons. The van der Waals surface area contributed by atoms with Gasteiger partial charge in [-0.1, -0.05) is 29.8 Å². The van der Waals surface area contributed by atoms with Gasteiger partial charge in [0.1, 0.15) is 23.1 Å². The Bertz CT molecular complexity index is 1490. The average Bonchev–Trinajstić information content (AvgIpc) is 2.88. The predicted octanol–water partition coefficient (Wildman–Crippen LogP) is 4.45. The van der Waals surface area contributed by atoms with Crippen LogP contribution in [0.25, 0.3) is 0 Å². The van der Waals surface area contributed by atoms with Gasteiger partial charge in [0, 0.05) is 37.1 Å². The van der Waals surface area contributed by atoms with Crippen LogP contribution in [0, 0.1) is 11.3 Å². The van der Waals surface area contributed by atoms with Gasteiger partial charge in [-0.25, -0.2) is 9.97 Å². The number of halogens is 1. The van der Waals surface area contributed by atoms with Gasteiger partial charge in [-0.3, -0.25) is 14.2 Å². The molecule has 0 bridgehead atoms. The third-order valence-electron chi connectivity index (χ3n) is 5.11. The second-order valence-corrected chi connectivity index (χ2v) is 8.37. The molecule has 0 fully saturated rings. The lowest BCUT2D eigenvalue weighted by molar-refractivity contribution is 0.0825. The first-order valence-electron chi connectivity index (χ1n) is 10.8. The third kappa shape index (κ3) is 5.68. The first kappa shape index (κ1) is 24.4. The first-order valence-corrected chi connectivity index (χ1v) is 11.2. The Balaban J connectivity index is 1.62. The molecular weight excluding hydrogens is 480 g/mol. The van der Waals surface area contributed by atoms with E-state index in [9.17, 15) is 9.59 Å². The van der Waals surface area contributed by atoms with Crippen molar-refractivity contribution in [3.63, 3.8) is 0 Å². The number of anilines is 2. The van der Waals surface area contributed by atoms with E-state index < -0.39 is 11.5 Å². The van der Waals surface area contributed by atoms with Gasteiger partial charge in [-0.2, -0.15) is 5.26 Å². The Morgan fingerprint density at radius 1 is 1.11 bits per heavy atom. The van der Waals surface area contributed by atoms with Crippen molar-refractivity contribution in [3.8, 4) is 17.7 Å². The summed E-state index contributed by atoms with van der Waals surface area (Å²) in [7, 11) is 3.15. The molecule has 2 aromatic carbocycles. The van der Waals surface area contributed by atoms with Crippen molar-refractivity contribution in [2.24, 2.45) is 0 Å². The first-order chi connectivity index (χ1) is 17.3. The second-order valence-electron chi connectivity index (χ2n) is 7.94. The fourth-order valence-electron chi connectivity index (χ4n) is 3.29. The summed E-state index contributed by atoms with van der Waals surface area (Å²) in [5.74, 6) is 0.651. The Kier molecular flexibility index (Phi) is 7.28. The van der Waals surface area contributed by atoms with E-state index in [0.29, 0.717) is 22.3 Å². The van der Waals surface area contributed by atoms with Crippen LogP contribution in [0.5, 0.6) is 11.6 Å². The number of nitriles is 1. The molecule has 0 unspecified atom stereocenters. The summed E-state index contributed by atoms with van der Waals surface area (Å²) in [5.41, 5.74) is 1.22. The molecule has 0 saturated carbocycles. The molecule has 10 heteroatoms. The number of aromatic nitrogens is 3. The van der Waals surface area contributed by atoms with E-state index in [1.807, 2.05) is 6.07 Å². The minimum atomic E-state index is -0.468. The van der Waals surface area contributed by atoms with Gasteiger partial charge in [0.15, 0.2) is 0 Å². The lowest BCUT2D eigenvalue weighted by Gasteiger charge is -2.16. The number of rotatable bonds is 7. The molecule has 4 aromatic rings. The van der Waals surface area contributed by atoms with Crippen molar-refractivity contribution < 1.29 is 9.53 Å². The Morgan fingerprint density at radius 2 is 1.83 bits per heavy atom. The summed E-state index contributed by atoms with van der Waals surface area (Å²) in [6.07, 6.45) is 1.27. The number of amides is 1. The Morgan fingerprint density at radius 3 is 2.50 bits per heavy atom. The number of hydrogen-bond donors (Lipinski definition) is 1. The van der Waals surface area contributed by atoms with Gasteiger partial charge in [0.25, 0.3) is 11.5 Å². The van der Waals surface area contributed by atoms with Gasteiger partial charge in [0.2, 0.25) is 11.8 Å². The number of benzene rings is 2. The topological polar surface area (TPSA) is 113 Å². The van der Waals surface area contributed by atoms with Crippen molar-refractivity contribution in [2.75, 3.05) is 19.4 Å². The summed E-state index contributed by atoms with van der Waals surface area (Å²) in [6.45, 7) is 0.183. The number of carbonyl (C=O) groups excluding carboxylic acids is 1. The quantitative estimate of drug-likeness (QED) is 0.399. The highest BCUT2D eigenvalue weighted by molar-refractivity contribution is 6.30. The molecular formula is C26H21ClN6O3. The lowest BCUT2D eigenvalue weighted by Crippen LogP contribution is -2.34. The fraction of sp³-hybridized carbons (Fsp3) is 0.115. The van der Waals surface area contributed by atoms with Crippen molar-refractivity contribution in [2.45, 2.75) is 6.54 Å². The highest BCUT2D eigenvalue weighted by Gasteiger charge is 2.18. The number of nitrogens with one attached hydrogen (secondary N) is 1. The van der Waals surface area contributed by atoms with Crippen molar-refractivity contribution in [1.29, 1.82) is 5.26 Å². The monoisotopic (exact) mass is 500 g/mol. The molecule has 0 aliphatic heterocycles. The smallest absolute Gasteiger partial charge is 0.268 e. The number of hydrogen-bond acceptors (Lipinski definition) is 7. The second kappa shape index (κ2) is 10.7. The van der Waals surface area contributed by atoms with Gasteiger partial charge in [0.05, 0.1) is 6.54 Å². The van der Waals surface area contributed by atoms with E-state index in [4.69, 9.17) is 21.6 Å². The van der Waals surface area contributed by atoms with Crippen LogP contribution in [0.15, 0.2) is 77.7 Å². The zero-order valence-corrected chi connectivity index (χ0v) is 20.2. The van der Waals surface area contributed by atoms with Gasteiger partial charge >= 0.3 is 0 Å². The molecule has 0 saturated heterocycles. The summed E-state index contributed by atoms with van der Waals surface area (Å²) in [6, 6.07) is 20.9. The van der Waals surface area contributed by atoms with E-state index in [-0.39, 0.29) is 23.8 Å². The van der Waals surface area contributed by atoms with E-state index in [1.54, 1.807) is 80.8 Å². The molecule has 0 radical (unpaired) electrons. The third-order valence-corrected chi connectivity index (χ3v) is 5.36. The summed E-state index contributed by atoms with van der Waals surface area (Å²) < 4.78 is 7.11. The van der Waals surface area contributed by atoms with Crippen LogP contribution in [0.1, 0.15) is 21.6 Å². The van der Waals surface area contributed by atoms with Gasteiger partial charge in [-0.15, -0.1) is 0 Å². The van der Waals surface area contributed by atoms with Crippen LogP contribution in [-0.2, 0) is 6.54 Å². The SMILES string of the molecule is CN(C)C(=O)c1cnc(Nc2ccc(Oc3cccc(C#N)n3)cc2)n(Cc2ccc(Cl)cc2)c1=O. The van der Waals surface area contributed by atoms with Gasteiger partial charge < -0.3 is 15.0 Å². The maximum Gasteiger partial charge on any atom is 0.268 e. The van der Waals surface area contributed by atoms with Crippen molar-refractivity contribution >= 4 is 29.1 Å². The molecule has 0 aliphatic carbocycles. The normalized spacial score (nSPS) is 10.4. The number of pyridine rings is 1. The molecule has 9 nitrogen and oxygen atoms in total. The van der Waals surface area contributed by atoms with Crippen LogP contribution >= 0.6 is 11.6 Å². The van der Waals surface area contributed by atoms with Crippen LogP contribution in [0.3, 0.4) is 0 Å². The van der Waals surface area contributed by atoms with Crippen LogP contribution in [-0.4, -0.2) is 39.4 Å². The zero-order chi connectivity index (χ0) is 25.7. The van der Waals surface area contributed by atoms with E-state index in [1.165, 1.54) is 15.7 Å². The van der Waals surface area contributed by atoms with Crippen LogP contribution in [0.4, 0.5) is 11.6 Å². The van der Waals surface area contributed by atoms with Crippen LogP contribution < -0.4 is 15.6 Å². The van der Waals surface area contributed by atoms with Crippen LogP contribution in [0.2, 0.25) is 5.02 Å². The average molecular weight is 501 g/mol. The Labute approximate surface area is 212 Å². The van der Waals surface area contributed by atoms with Crippen molar-refractivity contribution in [3.05, 3.63) is 105 Å². The number of ether oxygens (including phenoxy) is 1. The lowest BCUT2D eigenvalue weighted by atomic mass is 10.2. The summed E-state index contributed by atoms with van der Waals surface area (Å²) >= 11 is 5.99. The maximum absolute atomic E-state index is 13.3. The fourth-order valence-corrected chi connectivity index (χ4v) is 3.41. The summed E-state index contributed by atoms with van der Waals surface area (Å²) in [5, 5.41) is 12.7. The molecule has 2 aromatic heterocycles. The standard InChI is InChI=1S/C26H21ClN6O3/c1-32(2)24(34)22-15-29-26(33(25(22)35)16-17-6-8-18(27)9-7-17)31-19-10-12-21(13-11-19)36-23-5-3-4-20(14-28)30-23/h3-13,15H,16H2,1-2H3,(H,29,31). The van der Waals surface area contributed by atoms with Gasteiger partial charge in [-0.05, 0) is 48.0 Å². The minimum Gasteiger partial charge on any atom is -0.439 e. The zero-order valence-electron chi connectivity index (χ0n) is 19.5. The molecule has 1 amide bonds. The molecule has 2 heterocycles. The molecule has 4 rings (SSSR count). The summed E-state index contributed by atoms with van der Waals surface area (Å²) in [4.78, 5) is 35.6. The van der Waals surface area contributed by atoms with E-state index in [2.05, 4.69) is 15.3 Å². The number of nitrogens with zero attached hydrogens (tertiary/aromatic N) is 5. The molecule has 0 spiro atoms. The maximum atomic E-state index is 13.3. The molecule has 0 aliphatic rings. The van der Waals surface area contributed by atoms with E-state index in [0.717, 1.165) is 5.56 Å². The highest BCUT2D eigenvalue weighted by atomic mass is 35.5. The highest BCUT2D eigenvalue weighted by Crippen LogP contribution is 2.23. The van der Waals surface area contributed by atoms with Crippen molar-refractivity contribution in [1.82, 2.24) is 19.4 Å². The number of carbonyl (C=O) groups is 1. The predicted molar refractivity (Wildman–Crippen MR) is 136 cm³/mol. The largest absolute Gasteiger partial charge is 0.439 e.